The molecule has 158 valence electrons. The van der Waals surface area contributed by atoms with E-state index in [0.29, 0.717) is 44.3 Å². The zero-order valence-electron chi connectivity index (χ0n) is 17.2. The van der Waals surface area contributed by atoms with Crippen molar-refractivity contribution in [1.82, 2.24) is 29.8 Å². The number of piperazine rings is 1. The van der Waals surface area contributed by atoms with Crippen LogP contribution in [0.2, 0.25) is 0 Å². The first-order valence-electron chi connectivity index (χ1n) is 10.1. The molecule has 30 heavy (non-hydrogen) atoms. The zero-order chi connectivity index (χ0) is 21.1. The Balaban J connectivity index is 1.25. The summed E-state index contributed by atoms with van der Waals surface area (Å²) in [6.45, 7) is 5.46. The topological polar surface area (TPSA) is 80.3 Å². The number of halogens is 1. The van der Waals surface area contributed by atoms with Crippen molar-refractivity contribution in [3.63, 3.8) is 0 Å². The molecule has 9 heteroatoms. The number of rotatable bonds is 6. The normalized spacial score (nSPS) is 15.0. The molecule has 1 amide bonds. The molecule has 0 atom stereocenters. The molecule has 1 aliphatic heterocycles. The lowest BCUT2D eigenvalue weighted by atomic mass is 10.2. The first-order chi connectivity index (χ1) is 14.5. The van der Waals surface area contributed by atoms with Gasteiger partial charge in [0.2, 0.25) is 11.8 Å². The van der Waals surface area contributed by atoms with E-state index in [4.69, 9.17) is 4.42 Å². The Hall–Kier alpha value is -3.07. The summed E-state index contributed by atoms with van der Waals surface area (Å²) >= 11 is 0. The van der Waals surface area contributed by atoms with Gasteiger partial charge in [0.05, 0.1) is 5.69 Å². The third-order valence-electron chi connectivity index (χ3n) is 5.26. The first kappa shape index (κ1) is 20.2. The predicted octanol–water partition coefficient (Wildman–Crippen LogP) is 2.19. The van der Waals surface area contributed by atoms with Crippen molar-refractivity contribution < 1.29 is 13.6 Å². The number of carbonyl (C=O) groups is 1. The van der Waals surface area contributed by atoms with Crippen LogP contribution in [0.5, 0.6) is 0 Å². The summed E-state index contributed by atoms with van der Waals surface area (Å²) in [6.07, 6.45) is 0.738. The minimum absolute atomic E-state index is 0.0801. The fourth-order valence-electron chi connectivity index (χ4n) is 3.69. The van der Waals surface area contributed by atoms with E-state index in [9.17, 15) is 9.18 Å². The Morgan fingerprint density at radius 1 is 1.17 bits per heavy atom. The highest BCUT2D eigenvalue weighted by molar-refractivity contribution is 5.76. The van der Waals surface area contributed by atoms with E-state index >= 15 is 0 Å². The molecule has 1 fully saturated rings. The van der Waals surface area contributed by atoms with E-state index in [2.05, 4.69) is 20.2 Å². The second-order valence-electron chi connectivity index (χ2n) is 7.58. The highest BCUT2D eigenvalue weighted by Crippen LogP contribution is 2.19. The van der Waals surface area contributed by atoms with Crippen LogP contribution in [0.1, 0.15) is 23.6 Å². The van der Waals surface area contributed by atoms with Crippen molar-refractivity contribution >= 4 is 5.91 Å². The van der Waals surface area contributed by atoms with Gasteiger partial charge in [-0.2, -0.15) is 5.10 Å². The van der Waals surface area contributed by atoms with Crippen molar-refractivity contribution in [2.24, 2.45) is 7.05 Å². The van der Waals surface area contributed by atoms with Crippen molar-refractivity contribution in [1.29, 1.82) is 0 Å². The Morgan fingerprint density at radius 2 is 1.97 bits per heavy atom. The molecule has 1 aliphatic rings. The lowest BCUT2D eigenvalue weighted by Crippen LogP contribution is -2.48. The maximum absolute atomic E-state index is 13.3. The molecule has 2 aromatic heterocycles. The highest BCUT2D eigenvalue weighted by Gasteiger charge is 2.22. The second-order valence-corrected chi connectivity index (χ2v) is 7.58. The predicted molar refractivity (Wildman–Crippen MR) is 108 cm³/mol. The smallest absolute Gasteiger partial charge is 0.265 e. The van der Waals surface area contributed by atoms with Crippen LogP contribution in [-0.2, 0) is 24.8 Å². The average Bonchev–Trinajstić information content (AvgIpc) is 3.32. The Bertz CT molecular complexity index is 1020. The van der Waals surface area contributed by atoms with Crippen molar-refractivity contribution in [2.75, 3.05) is 26.2 Å². The molecule has 4 rings (SSSR count). The van der Waals surface area contributed by atoms with E-state index < -0.39 is 0 Å². The van der Waals surface area contributed by atoms with Crippen LogP contribution in [0.15, 0.2) is 34.7 Å². The standard InChI is InChI=1S/C21H25FN6O2/c1-15-12-18(26(2)25-15)21-24-23-19(30-21)6-7-20(29)28-10-8-27(9-11-28)14-16-4-3-5-17(22)13-16/h3-5,12-13H,6-11,14H2,1-2H3. The second kappa shape index (κ2) is 8.74. The number of carbonyl (C=O) groups excluding carboxylic acids is 1. The fourth-order valence-corrected chi connectivity index (χ4v) is 3.69. The molecule has 0 unspecified atom stereocenters. The third-order valence-corrected chi connectivity index (χ3v) is 5.26. The SMILES string of the molecule is Cc1cc(-c2nnc(CCC(=O)N3CCN(Cc4cccc(F)c4)CC3)o2)n(C)n1. The number of aromatic nitrogens is 4. The van der Waals surface area contributed by atoms with Crippen molar-refractivity contribution in [2.45, 2.75) is 26.3 Å². The maximum Gasteiger partial charge on any atom is 0.265 e. The van der Waals surface area contributed by atoms with E-state index in [1.807, 2.05) is 31.0 Å². The molecular weight excluding hydrogens is 387 g/mol. The van der Waals surface area contributed by atoms with Gasteiger partial charge in [0.1, 0.15) is 11.5 Å². The minimum atomic E-state index is -0.218. The van der Waals surface area contributed by atoms with Gasteiger partial charge in [0.25, 0.3) is 5.89 Å². The van der Waals surface area contributed by atoms with Crippen LogP contribution in [0, 0.1) is 12.7 Å². The fraction of sp³-hybridized carbons (Fsp3) is 0.429. The molecule has 3 aromatic rings. The van der Waals surface area contributed by atoms with E-state index in [0.717, 1.165) is 30.0 Å². The molecule has 0 bridgehead atoms. The number of benzene rings is 1. The summed E-state index contributed by atoms with van der Waals surface area (Å²) in [5.41, 5.74) is 2.58. The van der Waals surface area contributed by atoms with E-state index in [-0.39, 0.29) is 11.7 Å². The molecule has 0 aliphatic carbocycles. The minimum Gasteiger partial charge on any atom is -0.419 e. The number of nitrogens with zero attached hydrogens (tertiary/aromatic N) is 6. The zero-order valence-corrected chi connectivity index (χ0v) is 17.2. The lowest BCUT2D eigenvalue weighted by molar-refractivity contribution is -0.133. The average molecular weight is 412 g/mol. The summed E-state index contributed by atoms with van der Waals surface area (Å²) in [7, 11) is 1.82. The molecule has 0 saturated carbocycles. The molecule has 0 N–H and O–H groups in total. The third kappa shape index (κ3) is 4.73. The van der Waals surface area contributed by atoms with Gasteiger partial charge in [-0.1, -0.05) is 12.1 Å². The van der Waals surface area contributed by atoms with Crippen LogP contribution in [0.4, 0.5) is 4.39 Å². The first-order valence-corrected chi connectivity index (χ1v) is 10.1. The number of aryl methyl sites for hydroxylation is 3. The van der Waals surface area contributed by atoms with Gasteiger partial charge in [-0.15, -0.1) is 10.2 Å². The van der Waals surface area contributed by atoms with E-state index in [1.54, 1.807) is 16.8 Å². The van der Waals surface area contributed by atoms with Crippen LogP contribution in [0.25, 0.3) is 11.6 Å². The van der Waals surface area contributed by atoms with E-state index in [1.165, 1.54) is 6.07 Å². The summed E-state index contributed by atoms with van der Waals surface area (Å²) in [5, 5.41) is 12.4. The molecule has 8 nitrogen and oxygen atoms in total. The van der Waals surface area contributed by atoms with Gasteiger partial charge in [0.15, 0.2) is 0 Å². The quantitative estimate of drug-likeness (QED) is 0.618. The van der Waals surface area contributed by atoms with Crippen LogP contribution in [-0.4, -0.2) is 61.9 Å². The molecule has 3 heterocycles. The highest BCUT2D eigenvalue weighted by atomic mass is 19.1. The number of hydrogen-bond acceptors (Lipinski definition) is 6. The lowest BCUT2D eigenvalue weighted by Gasteiger charge is -2.34. The summed E-state index contributed by atoms with van der Waals surface area (Å²) < 4.78 is 20.7. The Kier molecular flexibility index (Phi) is 5.89. The van der Waals surface area contributed by atoms with Gasteiger partial charge in [-0.05, 0) is 30.7 Å². The number of amides is 1. The van der Waals surface area contributed by atoms with Gasteiger partial charge in [0, 0.05) is 52.6 Å². The van der Waals surface area contributed by atoms with Crippen molar-refractivity contribution in [3.8, 4) is 11.6 Å². The summed E-state index contributed by atoms with van der Waals surface area (Å²) in [6, 6.07) is 8.54. The molecule has 1 aromatic carbocycles. The van der Waals surface area contributed by atoms with Crippen LogP contribution < -0.4 is 0 Å². The summed E-state index contributed by atoms with van der Waals surface area (Å²) in [5.74, 6) is 0.717. The number of hydrogen-bond donors (Lipinski definition) is 0. The van der Waals surface area contributed by atoms with Crippen molar-refractivity contribution in [3.05, 3.63) is 53.3 Å². The molecule has 1 saturated heterocycles. The van der Waals surface area contributed by atoms with Crippen LogP contribution in [0.3, 0.4) is 0 Å². The van der Waals surface area contributed by atoms with Gasteiger partial charge >= 0.3 is 0 Å². The van der Waals surface area contributed by atoms with Gasteiger partial charge in [-0.25, -0.2) is 4.39 Å². The molecular formula is C21H25FN6O2. The van der Waals surface area contributed by atoms with Gasteiger partial charge < -0.3 is 9.32 Å². The molecule has 0 radical (unpaired) electrons. The monoisotopic (exact) mass is 412 g/mol. The molecule has 0 spiro atoms. The Morgan fingerprint density at radius 3 is 2.67 bits per heavy atom. The summed E-state index contributed by atoms with van der Waals surface area (Å²) in [4.78, 5) is 16.7. The maximum atomic E-state index is 13.3. The Labute approximate surface area is 174 Å². The largest absolute Gasteiger partial charge is 0.419 e. The van der Waals surface area contributed by atoms with Crippen LogP contribution >= 0.6 is 0 Å². The van der Waals surface area contributed by atoms with Gasteiger partial charge in [-0.3, -0.25) is 14.4 Å².